The van der Waals surface area contributed by atoms with Crippen molar-refractivity contribution in [1.82, 2.24) is 15.2 Å². The molecule has 0 aliphatic carbocycles. The van der Waals surface area contributed by atoms with Crippen molar-refractivity contribution in [3.8, 4) is 0 Å². The lowest BCUT2D eigenvalue weighted by molar-refractivity contribution is -0.117. The van der Waals surface area contributed by atoms with E-state index in [2.05, 4.69) is 20.5 Å². The van der Waals surface area contributed by atoms with Crippen molar-refractivity contribution in [3.05, 3.63) is 24.5 Å². The van der Waals surface area contributed by atoms with Crippen LogP contribution in [0.3, 0.4) is 0 Å². The Morgan fingerprint density at radius 1 is 1.35 bits per heavy atom. The summed E-state index contributed by atoms with van der Waals surface area (Å²) in [6.45, 7) is 3.63. The molecule has 0 aromatic carbocycles. The Kier molecular flexibility index (Phi) is 5.95. The molecule has 2 rings (SSSR count). The fourth-order valence-electron chi connectivity index (χ4n) is 2.62. The zero-order chi connectivity index (χ0) is 14.2. The normalized spacial score (nSPS) is 17.1. The van der Waals surface area contributed by atoms with Gasteiger partial charge in [-0.05, 0) is 64.0 Å². The molecule has 1 aromatic rings. The van der Waals surface area contributed by atoms with Gasteiger partial charge in [0.25, 0.3) is 0 Å². The molecule has 1 amide bonds. The van der Waals surface area contributed by atoms with Crippen LogP contribution in [0, 0.1) is 5.92 Å². The molecule has 0 spiro atoms. The summed E-state index contributed by atoms with van der Waals surface area (Å²) < 4.78 is 0. The van der Waals surface area contributed by atoms with E-state index in [0.29, 0.717) is 6.54 Å². The first kappa shape index (κ1) is 14.9. The number of carbonyl (C=O) groups excluding carboxylic acids is 1. The van der Waals surface area contributed by atoms with Gasteiger partial charge in [0.05, 0.1) is 6.54 Å². The third-order valence-corrected chi connectivity index (χ3v) is 3.84. The summed E-state index contributed by atoms with van der Waals surface area (Å²) in [5.41, 5.74) is 0.814. The molecule has 110 valence electrons. The molecule has 20 heavy (non-hydrogen) atoms. The molecule has 1 saturated heterocycles. The Bertz CT molecular complexity index is 402. The molecule has 0 atom stereocenters. The second kappa shape index (κ2) is 7.97. The molecule has 1 aliphatic heterocycles. The van der Waals surface area contributed by atoms with Gasteiger partial charge in [-0.1, -0.05) is 0 Å². The van der Waals surface area contributed by atoms with Crippen molar-refractivity contribution in [2.75, 3.05) is 38.5 Å². The highest BCUT2D eigenvalue weighted by atomic mass is 16.2. The highest BCUT2D eigenvalue weighted by molar-refractivity contribution is 5.92. The van der Waals surface area contributed by atoms with Gasteiger partial charge in [-0.15, -0.1) is 0 Å². The van der Waals surface area contributed by atoms with Crippen LogP contribution in [0.25, 0.3) is 0 Å². The van der Waals surface area contributed by atoms with E-state index in [9.17, 15) is 4.79 Å². The standard InChI is InChI=1S/C15H24N4O/c1-16-7-2-13-5-10-19(11-6-13)12-15(20)18-14-3-8-17-9-4-14/h3-4,8-9,13,16H,2,5-7,10-12H2,1H3,(H,17,18,20). The number of aromatic nitrogens is 1. The summed E-state index contributed by atoms with van der Waals surface area (Å²) in [6.07, 6.45) is 7.01. The number of piperidine rings is 1. The molecule has 2 heterocycles. The van der Waals surface area contributed by atoms with Crippen molar-refractivity contribution in [2.24, 2.45) is 5.92 Å². The number of rotatable bonds is 6. The highest BCUT2D eigenvalue weighted by Gasteiger charge is 2.20. The van der Waals surface area contributed by atoms with Gasteiger partial charge in [0.15, 0.2) is 0 Å². The third-order valence-electron chi connectivity index (χ3n) is 3.84. The van der Waals surface area contributed by atoms with Crippen LogP contribution < -0.4 is 10.6 Å². The van der Waals surface area contributed by atoms with E-state index in [4.69, 9.17) is 0 Å². The second-order valence-corrected chi connectivity index (χ2v) is 5.40. The first-order valence-corrected chi connectivity index (χ1v) is 7.35. The number of amides is 1. The number of nitrogens with one attached hydrogen (secondary N) is 2. The van der Waals surface area contributed by atoms with Crippen molar-refractivity contribution < 1.29 is 4.79 Å². The Hall–Kier alpha value is -1.46. The van der Waals surface area contributed by atoms with Gasteiger partial charge in [0.2, 0.25) is 5.91 Å². The van der Waals surface area contributed by atoms with Crippen LogP contribution in [0.2, 0.25) is 0 Å². The zero-order valence-corrected chi connectivity index (χ0v) is 12.1. The quantitative estimate of drug-likeness (QED) is 0.823. The number of nitrogens with zero attached hydrogens (tertiary/aromatic N) is 2. The maximum absolute atomic E-state index is 12.0. The van der Waals surface area contributed by atoms with Crippen LogP contribution in [0.15, 0.2) is 24.5 Å². The predicted molar refractivity (Wildman–Crippen MR) is 80.6 cm³/mol. The fourth-order valence-corrected chi connectivity index (χ4v) is 2.62. The number of carbonyl (C=O) groups is 1. The summed E-state index contributed by atoms with van der Waals surface area (Å²) in [7, 11) is 2.00. The molecule has 5 nitrogen and oxygen atoms in total. The van der Waals surface area contributed by atoms with Gasteiger partial charge in [-0.2, -0.15) is 0 Å². The van der Waals surface area contributed by atoms with E-state index in [1.165, 1.54) is 19.3 Å². The molecule has 0 unspecified atom stereocenters. The lowest BCUT2D eigenvalue weighted by Crippen LogP contribution is -2.39. The largest absolute Gasteiger partial charge is 0.325 e. The first-order chi connectivity index (χ1) is 9.78. The van der Waals surface area contributed by atoms with E-state index >= 15 is 0 Å². The Morgan fingerprint density at radius 3 is 2.70 bits per heavy atom. The Balaban J connectivity index is 1.68. The minimum atomic E-state index is 0.0601. The molecule has 1 aliphatic rings. The average molecular weight is 276 g/mol. The van der Waals surface area contributed by atoms with Crippen LogP contribution in [-0.4, -0.2) is 49.0 Å². The van der Waals surface area contributed by atoms with Gasteiger partial charge in [-0.25, -0.2) is 0 Å². The van der Waals surface area contributed by atoms with Gasteiger partial charge < -0.3 is 10.6 Å². The summed E-state index contributed by atoms with van der Waals surface area (Å²) in [4.78, 5) is 18.1. The maximum atomic E-state index is 12.0. The summed E-state index contributed by atoms with van der Waals surface area (Å²) in [5.74, 6) is 0.867. The van der Waals surface area contributed by atoms with Crippen molar-refractivity contribution in [3.63, 3.8) is 0 Å². The number of anilines is 1. The molecule has 5 heteroatoms. The van der Waals surface area contributed by atoms with E-state index < -0.39 is 0 Å². The van der Waals surface area contributed by atoms with E-state index in [-0.39, 0.29) is 5.91 Å². The van der Waals surface area contributed by atoms with Crippen molar-refractivity contribution in [1.29, 1.82) is 0 Å². The minimum absolute atomic E-state index is 0.0601. The van der Waals surface area contributed by atoms with E-state index in [1.807, 2.05) is 19.2 Å². The van der Waals surface area contributed by atoms with Crippen molar-refractivity contribution in [2.45, 2.75) is 19.3 Å². The molecular weight excluding hydrogens is 252 g/mol. The predicted octanol–water partition coefficient (Wildman–Crippen LogP) is 1.34. The smallest absolute Gasteiger partial charge is 0.238 e. The molecule has 1 fully saturated rings. The molecule has 0 bridgehead atoms. The SMILES string of the molecule is CNCCC1CCN(CC(=O)Nc2ccncc2)CC1. The monoisotopic (exact) mass is 276 g/mol. The Morgan fingerprint density at radius 2 is 2.05 bits per heavy atom. The average Bonchev–Trinajstić information content (AvgIpc) is 2.47. The van der Waals surface area contributed by atoms with Crippen LogP contribution >= 0.6 is 0 Å². The number of likely N-dealkylation sites (tertiary alicyclic amines) is 1. The molecular formula is C15H24N4O. The minimum Gasteiger partial charge on any atom is -0.325 e. The number of hydrogen-bond donors (Lipinski definition) is 2. The Labute approximate surface area is 120 Å². The van der Waals surface area contributed by atoms with Crippen molar-refractivity contribution >= 4 is 11.6 Å². The first-order valence-electron chi connectivity index (χ1n) is 7.35. The second-order valence-electron chi connectivity index (χ2n) is 5.40. The van der Waals surface area contributed by atoms with E-state index in [0.717, 1.165) is 31.2 Å². The molecule has 1 aromatic heterocycles. The van der Waals surface area contributed by atoms with Gasteiger partial charge in [0, 0.05) is 18.1 Å². The van der Waals surface area contributed by atoms with Crippen LogP contribution in [-0.2, 0) is 4.79 Å². The third kappa shape index (κ3) is 4.90. The van der Waals surface area contributed by atoms with Crippen LogP contribution in [0.4, 0.5) is 5.69 Å². The summed E-state index contributed by atoms with van der Waals surface area (Å²) in [6, 6.07) is 3.61. The van der Waals surface area contributed by atoms with Gasteiger partial charge in [0.1, 0.15) is 0 Å². The fraction of sp³-hybridized carbons (Fsp3) is 0.600. The number of pyridine rings is 1. The molecule has 0 radical (unpaired) electrons. The molecule has 2 N–H and O–H groups in total. The highest BCUT2D eigenvalue weighted by Crippen LogP contribution is 2.19. The van der Waals surface area contributed by atoms with E-state index in [1.54, 1.807) is 12.4 Å². The van der Waals surface area contributed by atoms with Crippen LogP contribution in [0.5, 0.6) is 0 Å². The lowest BCUT2D eigenvalue weighted by atomic mass is 9.93. The van der Waals surface area contributed by atoms with Gasteiger partial charge in [-0.3, -0.25) is 14.7 Å². The maximum Gasteiger partial charge on any atom is 0.238 e. The summed E-state index contributed by atoms with van der Waals surface area (Å²) in [5, 5.41) is 6.11. The topological polar surface area (TPSA) is 57.3 Å². The van der Waals surface area contributed by atoms with Gasteiger partial charge >= 0.3 is 0 Å². The zero-order valence-electron chi connectivity index (χ0n) is 12.1. The number of hydrogen-bond acceptors (Lipinski definition) is 4. The lowest BCUT2D eigenvalue weighted by Gasteiger charge is -2.31. The van der Waals surface area contributed by atoms with Crippen LogP contribution in [0.1, 0.15) is 19.3 Å². The molecule has 0 saturated carbocycles. The summed E-state index contributed by atoms with van der Waals surface area (Å²) >= 11 is 0.